The second-order valence-corrected chi connectivity index (χ2v) is 6.93. The third-order valence-corrected chi connectivity index (χ3v) is 4.78. The van der Waals surface area contributed by atoms with E-state index in [0.717, 1.165) is 42.0 Å². The van der Waals surface area contributed by atoms with Crippen LogP contribution < -0.4 is 11.1 Å². The summed E-state index contributed by atoms with van der Waals surface area (Å²) in [6.45, 7) is 2.09. The summed E-state index contributed by atoms with van der Waals surface area (Å²) in [4.78, 5) is 13.4. The van der Waals surface area contributed by atoms with E-state index in [1.165, 1.54) is 0 Å². The lowest BCUT2D eigenvalue weighted by atomic mass is 9.85. The number of anilines is 1. The second kappa shape index (κ2) is 8.89. The van der Waals surface area contributed by atoms with Crippen molar-refractivity contribution in [1.82, 2.24) is 0 Å². The van der Waals surface area contributed by atoms with E-state index >= 15 is 0 Å². The summed E-state index contributed by atoms with van der Waals surface area (Å²) in [7, 11) is 0. The molecule has 21 heavy (non-hydrogen) atoms. The van der Waals surface area contributed by atoms with Crippen LogP contribution in [0.4, 0.5) is 5.69 Å². The van der Waals surface area contributed by atoms with Crippen molar-refractivity contribution in [3.63, 3.8) is 0 Å². The van der Waals surface area contributed by atoms with Crippen molar-refractivity contribution in [3.8, 4) is 0 Å². The molecule has 0 saturated heterocycles. The monoisotopic (exact) mass is 348 g/mol. The van der Waals surface area contributed by atoms with Gasteiger partial charge in [-0.2, -0.15) is 0 Å². The van der Waals surface area contributed by atoms with Gasteiger partial charge >= 0.3 is 0 Å². The molecule has 1 aliphatic rings. The molecule has 1 fully saturated rings. The van der Waals surface area contributed by atoms with Crippen molar-refractivity contribution in [3.05, 3.63) is 23.2 Å². The fraction of sp³-hybridized carbons (Fsp3) is 0.533. The lowest BCUT2D eigenvalue weighted by Gasteiger charge is -2.26. The molecule has 1 saturated carbocycles. The molecule has 118 valence electrons. The number of hydrogen-bond acceptors (Lipinski definition) is 3. The number of nitrogens with one attached hydrogen (secondary N) is 1. The average molecular weight is 349 g/mol. The molecule has 0 aliphatic heterocycles. The van der Waals surface area contributed by atoms with Gasteiger partial charge in [-0.25, -0.2) is 0 Å². The van der Waals surface area contributed by atoms with Crippen molar-refractivity contribution in [2.45, 2.75) is 43.5 Å². The van der Waals surface area contributed by atoms with E-state index in [0.29, 0.717) is 5.02 Å². The van der Waals surface area contributed by atoms with E-state index in [4.69, 9.17) is 17.3 Å². The number of carbonyl (C=O) groups is 1. The number of amides is 1. The van der Waals surface area contributed by atoms with Gasteiger partial charge in [-0.1, -0.05) is 24.9 Å². The van der Waals surface area contributed by atoms with Crippen LogP contribution in [-0.4, -0.2) is 17.7 Å². The van der Waals surface area contributed by atoms with E-state index in [9.17, 15) is 4.79 Å². The molecular formula is C15H22Cl2N2OS. The van der Waals surface area contributed by atoms with Gasteiger partial charge in [0.1, 0.15) is 0 Å². The Bertz CT molecular complexity index is 485. The molecule has 0 radical (unpaired) electrons. The summed E-state index contributed by atoms with van der Waals surface area (Å²) in [5.74, 6) is 1.05. The molecule has 2 atom stereocenters. The first-order valence-corrected chi connectivity index (χ1v) is 8.45. The van der Waals surface area contributed by atoms with Crippen LogP contribution in [0.1, 0.15) is 32.6 Å². The van der Waals surface area contributed by atoms with Gasteiger partial charge in [0, 0.05) is 21.9 Å². The lowest BCUT2D eigenvalue weighted by Crippen LogP contribution is -2.34. The van der Waals surface area contributed by atoms with Crippen LogP contribution in [-0.2, 0) is 4.79 Å². The summed E-state index contributed by atoms with van der Waals surface area (Å²) in [6, 6.07) is 5.79. The van der Waals surface area contributed by atoms with E-state index in [-0.39, 0.29) is 30.3 Å². The summed E-state index contributed by atoms with van der Waals surface area (Å²) in [5, 5.41) is 3.67. The van der Waals surface area contributed by atoms with E-state index in [1.54, 1.807) is 11.8 Å². The Balaban J connectivity index is 0.00000220. The van der Waals surface area contributed by atoms with E-state index < -0.39 is 0 Å². The summed E-state index contributed by atoms with van der Waals surface area (Å²) in [6.07, 6.45) is 3.77. The van der Waals surface area contributed by atoms with Gasteiger partial charge in [0.25, 0.3) is 0 Å². The molecule has 1 aromatic rings. The summed E-state index contributed by atoms with van der Waals surface area (Å²) < 4.78 is 0. The van der Waals surface area contributed by atoms with Crippen LogP contribution in [0.2, 0.25) is 5.02 Å². The quantitative estimate of drug-likeness (QED) is 0.796. The summed E-state index contributed by atoms with van der Waals surface area (Å²) in [5.41, 5.74) is 6.77. The molecule has 2 unspecified atom stereocenters. The highest BCUT2D eigenvalue weighted by Gasteiger charge is 2.25. The van der Waals surface area contributed by atoms with Crippen LogP contribution in [0.3, 0.4) is 0 Å². The number of rotatable bonds is 4. The molecule has 0 bridgehead atoms. The highest BCUT2D eigenvalue weighted by Crippen LogP contribution is 2.31. The molecular weight excluding hydrogens is 327 g/mol. The lowest BCUT2D eigenvalue weighted by molar-refractivity contribution is -0.120. The third kappa shape index (κ3) is 5.37. The minimum atomic E-state index is 0. The van der Waals surface area contributed by atoms with Gasteiger partial charge in [-0.05, 0) is 43.2 Å². The molecule has 2 rings (SSSR count). The Morgan fingerprint density at radius 1 is 1.48 bits per heavy atom. The molecule has 6 heteroatoms. The van der Waals surface area contributed by atoms with Gasteiger partial charge in [0.15, 0.2) is 0 Å². The second-order valence-electron chi connectivity index (χ2n) is 5.19. The molecule has 1 amide bonds. The standard InChI is InChI=1S/C15H21ClN2OS.ClH/c1-2-20-14-7-6-11(16)9-13(14)18-15(19)10-4-3-5-12(17)8-10;/h6-7,9-10,12H,2-5,8,17H2,1H3,(H,18,19);1H. The Kier molecular flexibility index (Phi) is 7.88. The Labute approximate surface area is 141 Å². The first kappa shape index (κ1) is 18.6. The molecule has 1 aromatic carbocycles. The van der Waals surface area contributed by atoms with Gasteiger partial charge in [0.05, 0.1) is 5.69 Å². The van der Waals surface area contributed by atoms with Gasteiger partial charge in [-0.3, -0.25) is 4.79 Å². The normalized spacial score (nSPS) is 21.5. The van der Waals surface area contributed by atoms with Crippen molar-refractivity contribution in [2.24, 2.45) is 11.7 Å². The van der Waals surface area contributed by atoms with Crippen LogP contribution in [0, 0.1) is 5.92 Å². The van der Waals surface area contributed by atoms with Gasteiger partial charge in [0.2, 0.25) is 5.91 Å². The predicted molar refractivity (Wildman–Crippen MR) is 93.7 cm³/mol. The fourth-order valence-corrected chi connectivity index (χ4v) is 3.49. The molecule has 3 N–H and O–H groups in total. The van der Waals surface area contributed by atoms with Crippen molar-refractivity contribution < 1.29 is 4.79 Å². The number of thioether (sulfide) groups is 1. The number of hydrogen-bond donors (Lipinski definition) is 2. The topological polar surface area (TPSA) is 55.1 Å². The SMILES string of the molecule is CCSc1ccc(Cl)cc1NC(=O)C1CCCC(N)C1.Cl. The van der Waals surface area contributed by atoms with E-state index in [2.05, 4.69) is 12.2 Å². The fourth-order valence-electron chi connectivity index (χ4n) is 2.58. The van der Waals surface area contributed by atoms with Crippen LogP contribution >= 0.6 is 35.8 Å². The maximum atomic E-state index is 12.4. The minimum Gasteiger partial charge on any atom is -0.328 e. The Morgan fingerprint density at radius 3 is 2.90 bits per heavy atom. The first-order valence-electron chi connectivity index (χ1n) is 7.09. The molecule has 3 nitrogen and oxygen atoms in total. The van der Waals surface area contributed by atoms with Gasteiger partial charge in [-0.15, -0.1) is 24.2 Å². The molecule has 0 spiro atoms. The smallest absolute Gasteiger partial charge is 0.227 e. The van der Waals surface area contributed by atoms with Crippen molar-refractivity contribution >= 4 is 47.4 Å². The zero-order valence-corrected chi connectivity index (χ0v) is 14.5. The molecule has 0 heterocycles. The van der Waals surface area contributed by atoms with Crippen LogP contribution in [0.5, 0.6) is 0 Å². The highest BCUT2D eigenvalue weighted by molar-refractivity contribution is 7.99. The highest BCUT2D eigenvalue weighted by atomic mass is 35.5. The zero-order chi connectivity index (χ0) is 14.5. The van der Waals surface area contributed by atoms with Crippen molar-refractivity contribution in [2.75, 3.05) is 11.1 Å². The van der Waals surface area contributed by atoms with E-state index in [1.807, 2.05) is 18.2 Å². The minimum absolute atomic E-state index is 0. The number of carbonyl (C=O) groups excluding carboxylic acids is 1. The largest absolute Gasteiger partial charge is 0.328 e. The van der Waals surface area contributed by atoms with Crippen LogP contribution in [0.15, 0.2) is 23.1 Å². The molecule has 0 aromatic heterocycles. The summed E-state index contributed by atoms with van der Waals surface area (Å²) >= 11 is 7.73. The zero-order valence-electron chi connectivity index (χ0n) is 12.1. The number of benzene rings is 1. The van der Waals surface area contributed by atoms with Crippen LogP contribution in [0.25, 0.3) is 0 Å². The van der Waals surface area contributed by atoms with Gasteiger partial charge < -0.3 is 11.1 Å². The van der Waals surface area contributed by atoms with Crippen molar-refractivity contribution in [1.29, 1.82) is 0 Å². The Hall–Kier alpha value is -0.420. The third-order valence-electron chi connectivity index (χ3n) is 3.58. The Morgan fingerprint density at radius 2 is 2.24 bits per heavy atom. The number of halogens is 2. The molecule has 1 aliphatic carbocycles. The average Bonchev–Trinajstić information content (AvgIpc) is 2.42. The maximum Gasteiger partial charge on any atom is 0.227 e. The maximum absolute atomic E-state index is 12.4. The predicted octanol–water partition coefficient (Wildman–Crippen LogP) is 4.33. The number of nitrogens with two attached hydrogens (primary N) is 1. The first-order chi connectivity index (χ1) is 9.60.